The largest absolute Gasteiger partial charge is 0.313 e. The molecule has 0 aliphatic heterocycles. The van der Waals surface area contributed by atoms with Crippen LogP contribution in [0.25, 0.3) is 0 Å². The highest BCUT2D eigenvalue weighted by Gasteiger charge is 2.12. The summed E-state index contributed by atoms with van der Waals surface area (Å²) in [6, 6.07) is 6.30. The van der Waals surface area contributed by atoms with E-state index in [9.17, 15) is 0 Å². The summed E-state index contributed by atoms with van der Waals surface area (Å²) in [5, 5.41) is 4.09. The molecular weight excluding hydrogens is 286 g/mol. The quantitative estimate of drug-likeness (QED) is 0.776. The lowest BCUT2D eigenvalue weighted by Gasteiger charge is -2.18. The van der Waals surface area contributed by atoms with Crippen LogP contribution < -0.4 is 5.32 Å². The monoisotopic (exact) mass is 301 g/mol. The molecule has 1 rings (SSSR count). The van der Waals surface area contributed by atoms with Crippen molar-refractivity contribution in [1.29, 1.82) is 0 Å². The first-order valence-electron chi connectivity index (χ1n) is 5.31. The van der Waals surface area contributed by atoms with Crippen LogP contribution in [0.5, 0.6) is 0 Å². The summed E-state index contributed by atoms with van der Waals surface area (Å²) in [6.45, 7) is 5.97. The number of benzene rings is 1. The van der Waals surface area contributed by atoms with Gasteiger partial charge in [0, 0.05) is 15.5 Å². The van der Waals surface area contributed by atoms with E-state index in [4.69, 9.17) is 11.6 Å². The molecule has 0 radical (unpaired) electrons. The molecule has 88 valence electrons. The smallest absolute Gasteiger partial charge is 0.0465 e. The molecule has 0 saturated heterocycles. The molecule has 0 amide bonds. The lowest BCUT2D eigenvalue weighted by molar-refractivity contribution is 0.548. The normalized spacial score (nSPS) is 12.5. The molecule has 1 unspecified atom stereocenters. The summed E-state index contributed by atoms with van der Waals surface area (Å²) >= 11 is 9.64. The molecule has 3 heteroatoms. The molecule has 0 heterocycles. The Morgan fingerprint density at radius 1 is 1.56 bits per heavy atom. The van der Waals surface area contributed by atoms with Crippen LogP contribution in [-0.4, -0.2) is 7.05 Å². The number of rotatable bonds is 5. The Labute approximate surface area is 111 Å². The van der Waals surface area contributed by atoms with Crippen LogP contribution >= 0.6 is 27.5 Å². The van der Waals surface area contributed by atoms with Crippen LogP contribution in [0.3, 0.4) is 0 Å². The predicted octanol–water partition coefficient (Wildman–Crippen LogP) is 4.72. The molecular formula is C13H17BrClN. The zero-order valence-corrected chi connectivity index (χ0v) is 12.0. The van der Waals surface area contributed by atoms with Gasteiger partial charge in [-0.25, -0.2) is 0 Å². The first-order chi connectivity index (χ1) is 7.54. The van der Waals surface area contributed by atoms with Gasteiger partial charge >= 0.3 is 0 Å². The van der Waals surface area contributed by atoms with E-state index in [2.05, 4.69) is 40.8 Å². The van der Waals surface area contributed by atoms with Crippen molar-refractivity contribution in [2.45, 2.75) is 25.8 Å². The molecule has 1 N–H and O–H groups in total. The molecule has 0 spiro atoms. The van der Waals surface area contributed by atoms with Crippen molar-refractivity contribution >= 4 is 27.5 Å². The Balaban J connectivity index is 2.82. The fraction of sp³-hybridized carbons (Fsp3) is 0.385. The van der Waals surface area contributed by atoms with Gasteiger partial charge < -0.3 is 5.32 Å². The van der Waals surface area contributed by atoms with E-state index in [1.165, 1.54) is 5.57 Å². The fourth-order valence-electron chi connectivity index (χ4n) is 1.63. The highest BCUT2D eigenvalue weighted by Crippen LogP contribution is 2.29. The van der Waals surface area contributed by atoms with Gasteiger partial charge in [-0.2, -0.15) is 0 Å². The van der Waals surface area contributed by atoms with Gasteiger partial charge in [-0.1, -0.05) is 39.2 Å². The van der Waals surface area contributed by atoms with Crippen LogP contribution in [0.2, 0.25) is 5.02 Å². The zero-order valence-electron chi connectivity index (χ0n) is 9.69. The molecule has 1 aromatic carbocycles. The Kier molecular flexibility index (Phi) is 5.53. The van der Waals surface area contributed by atoms with Gasteiger partial charge in [0.1, 0.15) is 0 Å². The van der Waals surface area contributed by atoms with E-state index in [-0.39, 0.29) is 6.04 Å². The van der Waals surface area contributed by atoms with Crippen molar-refractivity contribution in [1.82, 2.24) is 5.32 Å². The molecule has 1 nitrogen and oxygen atoms in total. The van der Waals surface area contributed by atoms with Crippen molar-refractivity contribution in [3.05, 3.63) is 45.4 Å². The average Bonchev–Trinajstić information content (AvgIpc) is 2.21. The fourth-order valence-corrected chi connectivity index (χ4v) is 2.44. The van der Waals surface area contributed by atoms with Crippen molar-refractivity contribution in [3.8, 4) is 0 Å². The van der Waals surface area contributed by atoms with Gasteiger partial charge in [0.2, 0.25) is 0 Å². The average molecular weight is 303 g/mol. The molecule has 0 aliphatic carbocycles. The van der Waals surface area contributed by atoms with E-state index >= 15 is 0 Å². The lowest BCUT2D eigenvalue weighted by atomic mass is 10.00. The maximum absolute atomic E-state index is 6.23. The van der Waals surface area contributed by atoms with Crippen molar-refractivity contribution < 1.29 is 0 Å². The first-order valence-corrected chi connectivity index (χ1v) is 6.48. The third-order valence-corrected chi connectivity index (χ3v) is 3.37. The second-order valence-electron chi connectivity index (χ2n) is 4.00. The lowest BCUT2D eigenvalue weighted by Crippen LogP contribution is -2.16. The Morgan fingerprint density at radius 3 is 2.75 bits per heavy atom. The highest BCUT2D eigenvalue weighted by molar-refractivity contribution is 9.10. The number of allylic oxidation sites excluding steroid dienone is 1. The second kappa shape index (κ2) is 6.43. The molecule has 1 atom stereocenters. The second-order valence-corrected chi connectivity index (χ2v) is 5.33. The number of halogens is 2. The van der Waals surface area contributed by atoms with Crippen LogP contribution in [0.1, 0.15) is 31.4 Å². The summed E-state index contributed by atoms with van der Waals surface area (Å²) in [6.07, 6.45) is 2.03. The maximum atomic E-state index is 6.23. The van der Waals surface area contributed by atoms with E-state index in [1.807, 2.05) is 19.2 Å². The first kappa shape index (κ1) is 13.8. The van der Waals surface area contributed by atoms with E-state index < -0.39 is 0 Å². The summed E-state index contributed by atoms with van der Waals surface area (Å²) in [7, 11) is 1.96. The summed E-state index contributed by atoms with van der Waals surface area (Å²) < 4.78 is 1.01. The van der Waals surface area contributed by atoms with Crippen LogP contribution in [-0.2, 0) is 0 Å². The third kappa shape index (κ3) is 3.93. The Bertz CT molecular complexity index is 376. The van der Waals surface area contributed by atoms with Gasteiger partial charge in [-0.15, -0.1) is 6.58 Å². The zero-order chi connectivity index (χ0) is 12.1. The molecule has 0 saturated carbocycles. The standard InChI is InChI=1S/C13H17BrClN/c1-9(2)4-7-13(16-3)11-6-5-10(14)8-12(11)15/h5-6,8,13,16H,1,4,7H2,2-3H3. The maximum Gasteiger partial charge on any atom is 0.0465 e. The topological polar surface area (TPSA) is 12.0 Å². The van der Waals surface area contributed by atoms with Crippen molar-refractivity contribution in [2.75, 3.05) is 7.05 Å². The third-order valence-electron chi connectivity index (χ3n) is 2.55. The number of hydrogen-bond donors (Lipinski definition) is 1. The molecule has 1 aromatic rings. The minimum atomic E-state index is 0.289. The van der Waals surface area contributed by atoms with Gasteiger partial charge in [0.25, 0.3) is 0 Å². The summed E-state index contributed by atoms with van der Waals surface area (Å²) in [4.78, 5) is 0. The Morgan fingerprint density at radius 2 is 2.25 bits per heavy atom. The Hall–Kier alpha value is -0.310. The minimum Gasteiger partial charge on any atom is -0.313 e. The highest BCUT2D eigenvalue weighted by atomic mass is 79.9. The van der Waals surface area contributed by atoms with Gasteiger partial charge in [0.15, 0.2) is 0 Å². The van der Waals surface area contributed by atoms with Crippen LogP contribution in [0, 0.1) is 0 Å². The van der Waals surface area contributed by atoms with Gasteiger partial charge in [-0.05, 0) is 44.5 Å². The SMILES string of the molecule is C=C(C)CCC(NC)c1ccc(Br)cc1Cl. The predicted molar refractivity (Wildman–Crippen MR) is 75.0 cm³/mol. The number of hydrogen-bond acceptors (Lipinski definition) is 1. The van der Waals surface area contributed by atoms with Crippen LogP contribution in [0.4, 0.5) is 0 Å². The molecule has 0 aromatic heterocycles. The van der Waals surface area contributed by atoms with Crippen molar-refractivity contribution in [2.24, 2.45) is 0 Å². The van der Waals surface area contributed by atoms with E-state index in [0.717, 1.165) is 27.9 Å². The molecule has 0 bridgehead atoms. The molecule has 0 aliphatic rings. The van der Waals surface area contributed by atoms with Crippen molar-refractivity contribution in [3.63, 3.8) is 0 Å². The van der Waals surface area contributed by atoms with Gasteiger partial charge in [0.05, 0.1) is 0 Å². The minimum absolute atomic E-state index is 0.289. The summed E-state index contributed by atoms with van der Waals surface area (Å²) in [5.74, 6) is 0. The molecule has 16 heavy (non-hydrogen) atoms. The van der Waals surface area contributed by atoms with Crippen LogP contribution in [0.15, 0.2) is 34.8 Å². The summed E-state index contributed by atoms with van der Waals surface area (Å²) in [5.41, 5.74) is 2.35. The van der Waals surface area contributed by atoms with Gasteiger partial charge in [-0.3, -0.25) is 0 Å². The van der Waals surface area contributed by atoms with E-state index in [1.54, 1.807) is 0 Å². The molecule has 0 fully saturated rings. The number of nitrogens with one attached hydrogen (secondary N) is 1. The van der Waals surface area contributed by atoms with E-state index in [0.29, 0.717) is 0 Å².